The smallest absolute Gasteiger partial charge is 0.335 e. The summed E-state index contributed by atoms with van der Waals surface area (Å²) in [7, 11) is 2.72. The zero-order valence-corrected chi connectivity index (χ0v) is 20.1. The van der Waals surface area contributed by atoms with Gasteiger partial charge in [0.15, 0.2) is 17.6 Å². The fourth-order valence-electron chi connectivity index (χ4n) is 4.82. The highest BCUT2D eigenvalue weighted by Crippen LogP contribution is 2.51. The molecule has 0 aliphatic carbocycles. The molecule has 0 unspecified atom stereocenters. The molecule has 3 atom stereocenters. The van der Waals surface area contributed by atoms with Crippen molar-refractivity contribution >= 4 is 34.8 Å². The predicted octanol–water partition coefficient (Wildman–Crippen LogP) is 3.36. The number of amides is 2. The summed E-state index contributed by atoms with van der Waals surface area (Å²) in [6, 6.07) is 15.4. The maximum Gasteiger partial charge on any atom is 0.335 e. The zero-order valence-electron chi connectivity index (χ0n) is 20.1. The molecule has 3 aromatic rings. The lowest BCUT2D eigenvalue weighted by Crippen LogP contribution is -2.37. The minimum absolute atomic E-state index is 0.0154. The number of benzene rings is 3. The van der Waals surface area contributed by atoms with E-state index in [4.69, 9.17) is 14.3 Å². The average molecular weight is 519 g/mol. The van der Waals surface area contributed by atoms with Gasteiger partial charge in [0, 0.05) is 0 Å². The molecule has 38 heavy (non-hydrogen) atoms. The number of hydrogen-bond donors (Lipinski definition) is 1. The van der Waals surface area contributed by atoms with E-state index in [2.05, 4.69) is 0 Å². The number of fused-ring (bicyclic) bond motifs is 1. The minimum atomic E-state index is -1.28. The molecule has 2 aliphatic heterocycles. The fourth-order valence-corrected chi connectivity index (χ4v) is 4.82. The van der Waals surface area contributed by atoms with Gasteiger partial charge in [0.05, 0.1) is 47.7 Å². The Morgan fingerprint density at radius 3 is 2.16 bits per heavy atom. The second-order valence-corrected chi connectivity index (χ2v) is 8.55. The summed E-state index contributed by atoms with van der Waals surface area (Å²) in [5.74, 6) is -3.31. The monoisotopic (exact) mass is 519 g/mol. The number of nitro groups is 1. The topological polar surface area (TPSA) is 149 Å². The number of para-hydroxylation sites is 1. The molecule has 3 aromatic carbocycles. The molecular formula is C26H21N3O9. The maximum absolute atomic E-state index is 13.8. The second-order valence-electron chi connectivity index (χ2n) is 8.55. The molecule has 1 N–H and O–H groups in total. The van der Waals surface area contributed by atoms with Gasteiger partial charge in [-0.05, 0) is 42.5 Å². The molecular weight excluding hydrogens is 498 g/mol. The van der Waals surface area contributed by atoms with Crippen LogP contribution in [-0.4, -0.2) is 48.1 Å². The van der Waals surface area contributed by atoms with Gasteiger partial charge < -0.3 is 14.6 Å². The number of hydrogen-bond acceptors (Lipinski definition) is 9. The highest BCUT2D eigenvalue weighted by molar-refractivity contribution is 6.24. The van der Waals surface area contributed by atoms with Crippen LogP contribution in [0, 0.1) is 16.0 Å². The van der Waals surface area contributed by atoms with Gasteiger partial charge in [0.2, 0.25) is 5.91 Å². The Labute approximate surface area is 215 Å². The van der Waals surface area contributed by atoms with E-state index in [0.717, 1.165) is 4.90 Å². The summed E-state index contributed by atoms with van der Waals surface area (Å²) >= 11 is 0. The van der Waals surface area contributed by atoms with Crippen molar-refractivity contribution in [3.8, 4) is 11.5 Å². The predicted molar refractivity (Wildman–Crippen MR) is 132 cm³/mol. The van der Waals surface area contributed by atoms with Crippen molar-refractivity contribution < 1.29 is 38.7 Å². The van der Waals surface area contributed by atoms with Crippen LogP contribution in [0.1, 0.15) is 22.0 Å². The number of rotatable bonds is 7. The Morgan fingerprint density at radius 1 is 0.947 bits per heavy atom. The van der Waals surface area contributed by atoms with E-state index in [1.54, 1.807) is 30.3 Å². The van der Waals surface area contributed by atoms with Crippen LogP contribution in [0.2, 0.25) is 0 Å². The molecule has 0 saturated carbocycles. The minimum Gasteiger partial charge on any atom is -0.493 e. The van der Waals surface area contributed by atoms with Gasteiger partial charge >= 0.3 is 5.97 Å². The second kappa shape index (κ2) is 9.48. The standard InChI is InChI=1S/C26H21N3O9/c1-36-19-12-17(18(29(34)35)13-20(19)37-2)22-21-23(38-28(22)16-6-4-3-5-7-16)25(31)27(24(21)30)15-10-8-14(9-11-15)26(32)33/h3-13,21-23H,1-2H3,(H,32,33)/t21-,22+,23-/m0/s1. The highest BCUT2D eigenvalue weighted by atomic mass is 16.7. The quantitative estimate of drug-likeness (QED) is 0.280. The van der Waals surface area contributed by atoms with Crippen LogP contribution in [-0.2, 0) is 14.4 Å². The Morgan fingerprint density at radius 2 is 1.58 bits per heavy atom. The van der Waals surface area contributed by atoms with E-state index in [0.29, 0.717) is 5.69 Å². The van der Waals surface area contributed by atoms with Crippen molar-refractivity contribution in [2.45, 2.75) is 12.1 Å². The van der Waals surface area contributed by atoms with E-state index in [9.17, 15) is 29.6 Å². The third-order valence-corrected chi connectivity index (χ3v) is 6.55. The van der Waals surface area contributed by atoms with Crippen molar-refractivity contribution in [1.29, 1.82) is 0 Å². The van der Waals surface area contributed by atoms with Crippen LogP contribution in [0.15, 0.2) is 66.7 Å². The number of methoxy groups -OCH3 is 2. The Balaban J connectivity index is 1.65. The Kier molecular flexibility index (Phi) is 6.17. The first kappa shape index (κ1) is 24.7. The molecule has 0 aromatic heterocycles. The summed E-state index contributed by atoms with van der Waals surface area (Å²) in [4.78, 5) is 57.0. The number of carboxylic acids is 1. The van der Waals surface area contributed by atoms with Crippen molar-refractivity contribution in [3.05, 3.63) is 88.0 Å². The number of ether oxygens (including phenoxy) is 2. The number of nitro benzene ring substituents is 1. The summed E-state index contributed by atoms with van der Waals surface area (Å²) < 4.78 is 10.6. The van der Waals surface area contributed by atoms with Crippen LogP contribution < -0.4 is 19.4 Å². The summed E-state index contributed by atoms with van der Waals surface area (Å²) in [5, 5.41) is 22.7. The maximum atomic E-state index is 13.8. The molecule has 2 fully saturated rings. The fraction of sp³-hybridized carbons (Fsp3) is 0.192. The number of aromatic carboxylic acids is 1. The van der Waals surface area contributed by atoms with Crippen molar-refractivity contribution in [2.75, 3.05) is 24.2 Å². The number of anilines is 2. The van der Waals surface area contributed by atoms with Crippen LogP contribution >= 0.6 is 0 Å². The van der Waals surface area contributed by atoms with Crippen molar-refractivity contribution in [2.24, 2.45) is 5.92 Å². The lowest BCUT2D eigenvalue weighted by Gasteiger charge is -2.29. The van der Waals surface area contributed by atoms with Crippen LogP contribution in [0.3, 0.4) is 0 Å². The summed E-state index contributed by atoms with van der Waals surface area (Å²) in [6.45, 7) is 0. The largest absolute Gasteiger partial charge is 0.493 e. The van der Waals surface area contributed by atoms with Gasteiger partial charge in [-0.2, -0.15) is 0 Å². The first-order valence-electron chi connectivity index (χ1n) is 11.4. The molecule has 12 nitrogen and oxygen atoms in total. The average Bonchev–Trinajstić information content (AvgIpc) is 3.43. The molecule has 5 rings (SSSR count). The summed E-state index contributed by atoms with van der Waals surface area (Å²) in [6.07, 6.45) is -1.28. The van der Waals surface area contributed by atoms with Gasteiger partial charge in [-0.1, -0.05) is 18.2 Å². The number of carbonyl (C=O) groups excluding carboxylic acids is 2. The number of carbonyl (C=O) groups is 3. The van der Waals surface area contributed by atoms with E-state index in [-0.39, 0.29) is 34.0 Å². The molecule has 12 heteroatoms. The molecule has 0 radical (unpaired) electrons. The van der Waals surface area contributed by atoms with Gasteiger partial charge in [-0.3, -0.25) is 24.5 Å². The normalized spacial score (nSPS) is 20.4. The van der Waals surface area contributed by atoms with Gasteiger partial charge in [-0.25, -0.2) is 14.8 Å². The van der Waals surface area contributed by atoms with E-state index in [1.807, 2.05) is 0 Å². The number of imide groups is 1. The lowest BCUT2D eigenvalue weighted by molar-refractivity contribution is -0.385. The highest BCUT2D eigenvalue weighted by Gasteiger charge is 2.61. The summed E-state index contributed by atoms with van der Waals surface area (Å²) in [5.41, 5.74) is 0.373. The number of hydroxylamine groups is 1. The first-order valence-corrected chi connectivity index (χ1v) is 11.4. The zero-order chi connectivity index (χ0) is 27.1. The Hall–Kier alpha value is -4.97. The van der Waals surface area contributed by atoms with Crippen molar-refractivity contribution in [1.82, 2.24) is 0 Å². The SMILES string of the molecule is COc1cc([C@@H]2[C@@H]3C(=O)N(c4ccc(C(=O)O)cc4)C(=O)[C@H]3ON2c2ccccc2)c([N+](=O)[O-])cc1OC. The van der Waals surface area contributed by atoms with E-state index >= 15 is 0 Å². The number of nitrogens with zero attached hydrogens (tertiary/aromatic N) is 3. The third-order valence-electron chi connectivity index (χ3n) is 6.55. The van der Waals surface area contributed by atoms with Gasteiger partial charge in [-0.15, -0.1) is 0 Å². The molecule has 2 heterocycles. The molecule has 2 saturated heterocycles. The number of carboxylic acid groups (broad SMARTS) is 1. The van der Waals surface area contributed by atoms with Crippen LogP contribution in [0.4, 0.5) is 17.1 Å². The Bertz CT molecular complexity index is 1440. The van der Waals surface area contributed by atoms with Crippen LogP contribution in [0.5, 0.6) is 11.5 Å². The van der Waals surface area contributed by atoms with E-state index < -0.39 is 40.8 Å². The molecule has 0 bridgehead atoms. The molecule has 0 spiro atoms. The molecule has 2 amide bonds. The van der Waals surface area contributed by atoms with E-state index in [1.165, 1.54) is 55.7 Å². The van der Waals surface area contributed by atoms with Crippen LogP contribution in [0.25, 0.3) is 0 Å². The molecule has 2 aliphatic rings. The van der Waals surface area contributed by atoms with Crippen molar-refractivity contribution in [3.63, 3.8) is 0 Å². The van der Waals surface area contributed by atoms with Gasteiger partial charge in [0.1, 0.15) is 12.0 Å². The lowest BCUT2D eigenvalue weighted by atomic mass is 9.89. The molecule has 194 valence electrons. The first-order chi connectivity index (χ1) is 18.3. The van der Waals surface area contributed by atoms with Gasteiger partial charge in [0.25, 0.3) is 11.6 Å². The third kappa shape index (κ3) is 3.87.